The molecule has 4 aromatic carbocycles. The molecule has 0 saturated heterocycles. The van der Waals surface area contributed by atoms with E-state index in [1.807, 2.05) is 13.8 Å². The van der Waals surface area contributed by atoms with Crippen molar-refractivity contribution in [1.29, 1.82) is 0 Å². The van der Waals surface area contributed by atoms with E-state index in [0.717, 1.165) is 17.7 Å². The molecule has 0 aromatic heterocycles. The molecule has 0 unspecified atom stereocenters. The summed E-state index contributed by atoms with van der Waals surface area (Å²) in [4.78, 5) is 29.3. The molecule has 0 fully saturated rings. The van der Waals surface area contributed by atoms with E-state index in [9.17, 15) is 31.2 Å². The molecule has 7 nitrogen and oxygen atoms in total. The van der Waals surface area contributed by atoms with E-state index in [1.54, 1.807) is 60.7 Å². The maximum Gasteiger partial charge on any atom is 0.417 e. The number of benzene rings is 4. The predicted octanol–water partition coefficient (Wildman–Crippen LogP) is 7.62. The molecule has 2 amide bonds. The monoisotopic (exact) mass is 719 g/mol. The van der Waals surface area contributed by atoms with E-state index < -0.39 is 56.9 Å². The van der Waals surface area contributed by atoms with Crippen molar-refractivity contribution in [3.05, 3.63) is 130 Å². The predicted molar refractivity (Wildman–Crippen MR) is 181 cm³/mol. The minimum Gasteiger partial charge on any atom is -0.354 e. The molecule has 13 heteroatoms. The Balaban J connectivity index is 1.86. The third-order valence-corrected chi connectivity index (χ3v) is 9.89. The first-order valence-electron chi connectivity index (χ1n) is 15.0. The Morgan fingerprint density at radius 2 is 1.44 bits per heavy atom. The van der Waals surface area contributed by atoms with Gasteiger partial charge in [0.15, 0.2) is 0 Å². The normalized spacial score (nSPS) is 12.4. The molecule has 0 aliphatic carbocycles. The number of halogens is 5. The average Bonchev–Trinajstić information content (AvgIpc) is 3.05. The molecular weight excluding hydrogens is 686 g/mol. The lowest BCUT2D eigenvalue weighted by Crippen LogP contribution is -2.53. The van der Waals surface area contributed by atoms with Crippen LogP contribution in [0.15, 0.2) is 108 Å². The van der Waals surface area contributed by atoms with E-state index in [-0.39, 0.29) is 23.8 Å². The fourth-order valence-corrected chi connectivity index (χ4v) is 6.77. The Morgan fingerprint density at radius 3 is 2.04 bits per heavy atom. The Bertz CT molecular complexity index is 1830. The first-order valence-corrected chi connectivity index (χ1v) is 17.2. The summed E-state index contributed by atoms with van der Waals surface area (Å²) < 4.78 is 70.5. The molecule has 254 valence electrons. The number of nitrogens with zero attached hydrogens (tertiary/aromatic N) is 2. The Morgan fingerprint density at radius 1 is 0.833 bits per heavy atom. The van der Waals surface area contributed by atoms with Gasteiger partial charge in [-0.25, -0.2) is 8.42 Å². The van der Waals surface area contributed by atoms with Gasteiger partial charge in [-0.3, -0.25) is 13.9 Å². The Labute approximate surface area is 288 Å². The van der Waals surface area contributed by atoms with Gasteiger partial charge in [0, 0.05) is 24.5 Å². The molecule has 0 bridgehead atoms. The largest absolute Gasteiger partial charge is 0.417 e. The van der Waals surface area contributed by atoms with Crippen LogP contribution >= 0.6 is 23.2 Å². The Kier molecular flexibility index (Phi) is 12.2. The minimum atomic E-state index is -4.91. The fourth-order valence-electron chi connectivity index (χ4n) is 4.92. The molecule has 0 heterocycles. The van der Waals surface area contributed by atoms with Crippen molar-refractivity contribution in [2.75, 3.05) is 17.4 Å². The second-order valence-corrected chi connectivity index (χ2v) is 14.1. The number of carbonyl (C=O) groups is 2. The Hall–Kier alpha value is -4.06. The highest BCUT2D eigenvalue weighted by molar-refractivity contribution is 7.92. The number of anilines is 1. The van der Waals surface area contributed by atoms with Gasteiger partial charge < -0.3 is 10.2 Å². The van der Waals surface area contributed by atoms with Crippen LogP contribution in [0.2, 0.25) is 10.0 Å². The summed E-state index contributed by atoms with van der Waals surface area (Å²) in [6.07, 6.45) is -4.85. The van der Waals surface area contributed by atoms with Gasteiger partial charge in [-0.15, -0.1) is 0 Å². The van der Waals surface area contributed by atoms with Crippen LogP contribution in [0.4, 0.5) is 18.9 Å². The first kappa shape index (κ1) is 36.8. The smallest absolute Gasteiger partial charge is 0.354 e. The summed E-state index contributed by atoms with van der Waals surface area (Å²) in [6.45, 7) is 2.99. The summed E-state index contributed by atoms with van der Waals surface area (Å²) in [5, 5.41) is 2.54. The molecule has 1 atom stereocenters. The standard InChI is InChI=1S/C35H34Cl2F3N3O4S/c1-24(2)21-41-34(45)32(19-25-11-5-3-6-12-25)42(22-26-13-9-10-16-30(26)36)33(44)23-43(48(46,47)28-14-7-4-8-15-28)27-17-18-31(37)29(20-27)35(38,39)40/h3-18,20,24,32H,19,21-23H2,1-2H3,(H,41,45)/t32-/m0/s1. The van der Waals surface area contributed by atoms with Crippen LogP contribution in [0.1, 0.15) is 30.5 Å². The maximum atomic E-state index is 14.5. The third kappa shape index (κ3) is 9.30. The summed E-state index contributed by atoms with van der Waals surface area (Å²) in [7, 11) is -4.62. The zero-order chi connectivity index (χ0) is 35.1. The van der Waals surface area contributed by atoms with Crippen LogP contribution in [0, 0.1) is 5.92 Å². The second-order valence-electron chi connectivity index (χ2n) is 11.4. The lowest BCUT2D eigenvalue weighted by Gasteiger charge is -2.34. The van der Waals surface area contributed by atoms with Crippen LogP contribution < -0.4 is 9.62 Å². The third-order valence-electron chi connectivity index (χ3n) is 7.41. The molecule has 0 aliphatic rings. The number of hydrogen-bond donors (Lipinski definition) is 1. The van der Waals surface area contributed by atoms with Crippen LogP contribution in [-0.4, -0.2) is 44.3 Å². The number of sulfonamides is 1. The summed E-state index contributed by atoms with van der Waals surface area (Å²) in [6, 6.07) is 24.1. The number of rotatable bonds is 13. The number of amides is 2. The number of carbonyl (C=O) groups excluding carboxylic acids is 2. The number of alkyl halides is 3. The van der Waals surface area contributed by atoms with Crippen molar-refractivity contribution >= 4 is 50.7 Å². The van der Waals surface area contributed by atoms with E-state index in [2.05, 4.69) is 5.32 Å². The van der Waals surface area contributed by atoms with Gasteiger partial charge in [0.25, 0.3) is 10.0 Å². The molecule has 4 aromatic rings. The molecular formula is C35H34Cl2F3N3O4S. The summed E-state index contributed by atoms with van der Waals surface area (Å²) in [5.74, 6) is -1.26. The lowest BCUT2D eigenvalue weighted by atomic mass is 10.0. The highest BCUT2D eigenvalue weighted by Gasteiger charge is 2.37. The van der Waals surface area contributed by atoms with Gasteiger partial charge in [-0.05, 0) is 53.4 Å². The zero-order valence-electron chi connectivity index (χ0n) is 26.1. The topological polar surface area (TPSA) is 86.8 Å². The molecule has 0 spiro atoms. The van der Waals surface area contributed by atoms with E-state index in [4.69, 9.17) is 23.2 Å². The van der Waals surface area contributed by atoms with Crippen molar-refractivity contribution in [3.8, 4) is 0 Å². The maximum absolute atomic E-state index is 14.5. The second kappa shape index (κ2) is 15.9. The van der Waals surface area contributed by atoms with Gasteiger partial charge >= 0.3 is 6.18 Å². The minimum absolute atomic E-state index is 0.0611. The number of hydrogen-bond acceptors (Lipinski definition) is 4. The van der Waals surface area contributed by atoms with Crippen molar-refractivity contribution in [3.63, 3.8) is 0 Å². The molecule has 1 N–H and O–H groups in total. The number of nitrogens with one attached hydrogen (secondary N) is 1. The van der Waals surface area contributed by atoms with Crippen molar-refractivity contribution in [2.45, 2.75) is 43.9 Å². The quantitative estimate of drug-likeness (QED) is 0.154. The lowest BCUT2D eigenvalue weighted by molar-refractivity contribution is -0.140. The fraction of sp³-hybridized carbons (Fsp3) is 0.257. The van der Waals surface area contributed by atoms with Crippen LogP contribution in [0.5, 0.6) is 0 Å². The molecule has 48 heavy (non-hydrogen) atoms. The molecule has 0 saturated carbocycles. The highest BCUT2D eigenvalue weighted by atomic mass is 35.5. The van der Waals surface area contributed by atoms with Crippen molar-refractivity contribution in [1.82, 2.24) is 10.2 Å². The zero-order valence-corrected chi connectivity index (χ0v) is 28.5. The van der Waals surface area contributed by atoms with Gasteiger partial charge in [-0.1, -0.05) is 104 Å². The van der Waals surface area contributed by atoms with Gasteiger partial charge in [0.1, 0.15) is 12.6 Å². The van der Waals surface area contributed by atoms with Gasteiger partial charge in [-0.2, -0.15) is 13.2 Å². The van der Waals surface area contributed by atoms with Gasteiger partial charge in [0.2, 0.25) is 11.8 Å². The van der Waals surface area contributed by atoms with Crippen LogP contribution in [0.3, 0.4) is 0 Å². The van der Waals surface area contributed by atoms with Gasteiger partial charge in [0.05, 0.1) is 21.2 Å². The average molecular weight is 721 g/mol. The summed E-state index contributed by atoms with van der Waals surface area (Å²) in [5.41, 5.74) is -0.512. The van der Waals surface area contributed by atoms with E-state index in [1.165, 1.54) is 29.2 Å². The van der Waals surface area contributed by atoms with Crippen LogP contribution in [-0.2, 0) is 38.8 Å². The van der Waals surface area contributed by atoms with E-state index in [0.29, 0.717) is 27.5 Å². The highest BCUT2D eigenvalue weighted by Crippen LogP contribution is 2.38. The van der Waals surface area contributed by atoms with E-state index >= 15 is 0 Å². The molecule has 0 aliphatic heterocycles. The first-order chi connectivity index (χ1) is 22.7. The van der Waals surface area contributed by atoms with Crippen molar-refractivity contribution < 1.29 is 31.2 Å². The SMILES string of the molecule is CC(C)CNC(=O)[C@H](Cc1ccccc1)N(Cc1ccccc1Cl)C(=O)CN(c1ccc(Cl)c(C(F)(F)F)c1)S(=O)(=O)c1ccccc1. The molecule has 4 rings (SSSR count). The van der Waals surface area contributed by atoms with Crippen LogP contribution in [0.25, 0.3) is 0 Å². The van der Waals surface area contributed by atoms with Crippen molar-refractivity contribution in [2.24, 2.45) is 5.92 Å². The summed E-state index contributed by atoms with van der Waals surface area (Å²) >= 11 is 12.3. The molecule has 0 radical (unpaired) electrons.